The van der Waals surface area contributed by atoms with Crippen LogP contribution in [0.25, 0.3) is 0 Å². The van der Waals surface area contributed by atoms with Gasteiger partial charge in [0.25, 0.3) is 0 Å². The molecule has 5 nitrogen and oxygen atoms in total. The third kappa shape index (κ3) is 2.67. The van der Waals surface area contributed by atoms with Crippen molar-refractivity contribution in [2.75, 3.05) is 26.4 Å². The maximum atomic E-state index is 11.1. The molecule has 2 N–H and O–H groups in total. The lowest BCUT2D eigenvalue weighted by atomic mass is 9.95. The third-order valence-electron chi connectivity index (χ3n) is 2.38. The van der Waals surface area contributed by atoms with Crippen molar-refractivity contribution in [1.82, 2.24) is 0 Å². The van der Waals surface area contributed by atoms with E-state index in [0.717, 1.165) is 0 Å². The Labute approximate surface area is 82.6 Å². The second kappa shape index (κ2) is 5.29. The largest absolute Gasteiger partial charge is 0.479 e. The summed E-state index contributed by atoms with van der Waals surface area (Å²) < 4.78 is 10.4. The lowest BCUT2D eigenvalue weighted by Gasteiger charge is -2.27. The highest BCUT2D eigenvalue weighted by Gasteiger charge is 2.39. The summed E-state index contributed by atoms with van der Waals surface area (Å²) in [7, 11) is 0. The van der Waals surface area contributed by atoms with Crippen LogP contribution in [0.2, 0.25) is 0 Å². The van der Waals surface area contributed by atoms with Gasteiger partial charge in [-0.3, -0.25) is 0 Å². The molecule has 1 atom stereocenters. The molecular weight excluding hydrogens is 188 g/mol. The van der Waals surface area contributed by atoms with Gasteiger partial charge in [0.05, 0.1) is 13.2 Å². The Morgan fingerprint density at radius 3 is 2.86 bits per heavy atom. The van der Waals surface area contributed by atoms with Gasteiger partial charge >= 0.3 is 5.97 Å². The summed E-state index contributed by atoms with van der Waals surface area (Å²) in [5.74, 6) is -0.962. The van der Waals surface area contributed by atoms with Crippen LogP contribution >= 0.6 is 0 Å². The molecule has 82 valence electrons. The summed E-state index contributed by atoms with van der Waals surface area (Å²) >= 11 is 0. The van der Waals surface area contributed by atoms with Crippen molar-refractivity contribution in [2.45, 2.75) is 24.9 Å². The second-order valence-electron chi connectivity index (χ2n) is 3.34. The first kappa shape index (κ1) is 11.4. The predicted molar refractivity (Wildman–Crippen MR) is 48.1 cm³/mol. The van der Waals surface area contributed by atoms with E-state index in [1.807, 2.05) is 0 Å². The van der Waals surface area contributed by atoms with E-state index in [1.54, 1.807) is 0 Å². The molecule has 0 spiro atoms. The molecule has 0 saturated carbocycles. The molecule has 1 saturated heterocycles. The number of aliphatic hydroxyl groups excluding tert-OH is 1. The Hall–Kier alpha value is -0.650. The van der Waals surface area contributed by atoms with Gasteiger partial charge in [-0.25, -0.2) is 4.79 Å². The van der Waals surface area contributed by atoms with E-state index in [0.29, 0.717) is 32.5 Å². The Bertz CT molecular complexity index is 184. The van der Waals surface area contributed by atoms with Crippen LogP contribution in [-0.4, -0.2) is 48.2 Å². The fourth-order valence-corrected chi connectivity index (χ4v) is 1.58. The van der Waals surface area contributed by atoms with Crippen molar-refractivity contribution >= 4 is 5.97 Å². The summed E-state index contributed by atoms with van der Waals surface area (Å²) in [6.07, 6.45) is 1.47. The minimum Gasteiger partial charge on any atom is -0.479 e. The molecule has 1 unspecified atom stereocenters. The normalized spacial score (nSPS) is 28.4. The molecule has 1 aliphatic heterocycles. The number of carboxylic acid groups (broad SMARTS) is 1. The minimum atomic E-state index is -1.15. The van der Waals surface area contributed by atoms with E-state index >= 15 is 0 Å². The average Bonchev–Trinajstić information content (AvgIpc) is 2.41. The highest BCUT2D eigenvalue weighted by Crippen LogP contribution is 2.25. The van der Waals surface area contributed by atoms with Gasteiger partial charge in [-0.15, -0.1) is 0 Å². The first-order valence-corrected chi connectivity index (χ1v) is 4.77. The maximum absolute atomic E-state index is 11.1. The smallest absolute Gasteiger partial charge is 0.336 e. The van der Waals surface area contributed by atoms with E-state index < -0.39 is 11.6 Å². The minimum absolute atomic E-state index is 0.0618. The summed E-state index contributed by atoms with van der Waals surface area (Å²) in [6, 6.07) is 0. The first-order chi connectivity index (χ1) is 6.71. The Morgan fingerprint density at radius 1 is 1.43 bits per heavy atom. The molecule has 0 aromatic rings. The fourth-order valence-electron chi connectivity index (χ4n) is 1.58. The molecule has 0 aliphatic carbocycles. The Kier molecular flexibility index (Phi) is 4.31. The second-order valence-corrected chi connectivity index (χ2v) is 3.34. The van der Waals surface area contributed by atoms with Gasteiger partial charge < -0.3 is 19.7 Å². The van der Waals surface area contributed by atoms with Crippen molar-refractivity contribution in [3.8, 4) is 0 Å². The van der Waals surface area contributed by atoms with Crippen molar-refractivity contribution in [3.63, 3.8) is 0 Å². The number of aliphatic carboxylic acids is 1. The predicted octanol–water partition coefficient (Wildman–Crippen LogP) is 0.0192. The standard InChI is InChI=1S/C9H16O5/c10-4-7-14-9(8(11)12)2-1-5-13-6-3-9/h10H,1-7H2,(H,11,12). The van der Waals surface area contributed by atoms with Crippen LogP contribution in [0, 0.1) is 0 Å². The quantitative estimate of drug-likeness (QED) is 0.675. The van der Waals surface area contributed by atoms with Crippen molar-refractivity contribution in [2.24, 2.45) is 0 Å². The van der Waals surface area contributed by atoms with Gasteiger partial charge in [0.1, 0.15) is 0 Å². The molecule has 0 aromatic carbocycles. The number of hydrogen-bond acceptors (Lipinski definition) is 4. The number of aliphatic hydroxyl groups is 1. The van der Waals surface area contributed by atoms with Gasteiger partial charge in [0.2, 0.25) is 0 Å². The van der Waals surface area contributed by atoms with Crippen molar-refractivity contribution in [1.29, 1.82) is 0 Å². The highest BCUT2D eigenvalue weighted by molar-refractivity contribution is 5.77. The van der Waals surface area contributed by atoms with E-state index in [1.165, 1.54) is 0 Å². The molecule has 14 heavy (non-hydrogen) atoms. The molecule has 0 radical (unpaired) electrons. The Balaban J connectivity index is 2.62. The zero-order valence-corrected chi connectivity index (χ0v) is 8.07. The van der Waals surface area contributed by atoms with Gasteiger partial charge in [-0.2, -0.15) is 0 Å². The molecule has 1 aliphatic rings. The summed E-state index contributed by atoms with van der Waals surface area (Å²) in [5.41, 5.74) is -1.15. The highest BCUT2D eigenvalue weighted by atomic mass is 16.5. The third-order valence-corrected chi connectivity index (χ3v) is 2.38. The molecule has 1 rings (SSSR count). The van der Waals surface area contributed by atoms with Gasteiger partial charge in [0, 0.05) is 19.6 Å². The number of rotatable bonds is 4. The average molecular weight is 204 g/mol. The van der Waals surface area contributed by atoms with Crippen LogP contribution < -0.4 is 0 Å². The van der Waals surface area contributed by atoms with Gasteiger partial charge in [-0.1, -0.05) is 0 Å². The molecule has 1 heterocycles. The molecular formula is C9H16O5. The molecule has 0 aromatic heterocycles. The SMILES string of the molecule is O=C(O)C1(OCCO)CCCOCC1. The van der Waals surface area contributed by atoms with Crippen molar-refractivity contribution < 1.29 is 24.5 Å². The number of carboxylic acids is 1. The monoisotopic (exact) mass is 204 g/mol. The van der Waals surface area contributed by atoms with Gasteiger partial charge in [-0.05, 0) is 12.8 Å². The van der Waals surface area contributed by atoms with Crippen LogP contribution in [0.3, 0.4) is 0 Å². The molecule has 5 heteroatoms. The van der Waals surface area contributed by atoms with Crippen LogP contribution in [-0.2, 0) is 14.3 Å². The van der Waals surface area contributed by atoms with Crippen LogP contribution in [0.4, 0.5) is 0 Å². The van der Waals surface area contributed by atoms with E-state index in [2.05, 4.69) is 0 Å². The fraction of sp³-hybridized carbons (Fsp3) is 0.889. The van der Waals surface area contributed by atoms with E-state index in [9.17, 15) is 4.79 Å². The summed E-state index contributed by atoms with van der Waals surface area (Å²) in [4.78, 5) is 11.1. The van der Waals surface area contributed by atoms with E-state index in [4.69, 9.17) is 19.7 Å². The molecule has 1 fully saturated rings. The van der Waals surface area contributed by atoms with Crippen LogP contribution in [0.1, 0.15) is 19.3 Å². The lowest BCUT2D eigenvalue weighted by molar-refractivity contribution is -0.169. The molecule has 0 bridgehead atoms. The zero-order valence-electron chi connectivity index (χ0n) is 8.07. The summed E-state index contributed by atoms with van der Waals surface area (Å²) in [6.45, 7) is 0.886. The topological polar surface area (TPSA) is 76.0 Å². The number of ether oxygens (including phenoxy) is 2. The van der Waals surface area contributed by atoms with Gasteiger partial charge in [0.15, 0.2) is 5.60 Å². The zero-order chi connectivity index (χ0) is 10.4. The first-order valence-electron chi connectivity index (χ1n) is 4.77. The summed E-state index contributed by atoms with van der Waals surface area (Å²) in [5, 5.41) is 17.7. The molecule has 0 amide bonds. The van der Waals surface area contributed by atoms with E-state index in [-0.39, 0.29) is 13.2 Å². The van der Waals surface area contributed by atoms with Crippen LogP contribution in [0.15, 0.2) is 0 Å². The van der Waals surface area contributed by atoms with Crippen LogP contribution in [0.5, 0.6) is 0 Å². The number of carbonyl (C=O) groups is 1. The van der Waals surface area contributed by atoms with Crippen molar-refractivity contribution in [3.05, 3.63) is 0 Å². The Morgan fingerprint density at radius 2 is 2.21 bits per heavy atom. The maximum Gasteiger partial charge on any atom is 0.336 e. The lowest BCUT2D eigenvalue weighted by Crippen LogP contribution is -2.42. The number of hydrogen-bond donors (Lipinski definition) is 2.